The Hall–Kier alpha value is -2.75. The first-order valence-electron chi connectivity index (χ1n) is 10.0. The average Bonchev–Trinajstić information content (AvgIpc) is 3.22. The third-order valence-corrected chi connectivity index (χ3v) is 6.13. The van der Waals surface area contributed by atoms with E-state index in [0.717, 1.165) is 31.6 Å². The van der Waals surface area contributed by atoms with Crippen molar-refractivity contribution in [2.24, 2.45) is 11.8 Å². The Balaban J connectivity index is 1.31. The molecule has 1 N–H and O–H groups in total. The number of nitrogens with zero attached hydrogens (tertiary/aromatic N) is 5. The van der Waals surface area contributed by atoms with Gasteiger partial charge in [0.15, 0.2) is 18.0 Å². The molecule has 0 amide bonds. The Bertz CT molecular complexity index is 1080. The second-order valence-electron chi connectivity index (χ2n) is 7.99. The molecule has 2 bridgehead atoms. The van der Waals surface area contributed by atoms with Crippen LogP contribution in [0, 0.1) is 11.8 Å². The molecule has 5 rings (SSSR count). The fourth-order valence-electron chi connectivity index (χ4n) is 4.62. The normalized spacial score (nSPS) is 23.4. The van der Waals surface area contributed by atoms with E-state index in [9.17, 15) is 13.2 Å². The highest BCUT2D eigenvalue weighted by Crippen LogP contribution is 2.40. The largest absolute Gasteiger partial charge is 0.480 e. The van der Waals surface area contributed by atoms with Gasteiger partial charge in [-0.25, -0.2) is 9.50 Å². The highest BCUT2D eigenvalue weighted by molar-refractivity contribution is 6.29. The molecule has 1 unspecified atom stereocenters. The lowest BCUT2D eigenvalue weighted by atomic mass is 9.92. The van der Waals surface area contributed by atoms with Gasteiger partial charge in [0, 0.05) is 37.2 Å². The summed E-state index contributed by atoms with van der Waals surface area (Å²) in [6.07, 6.45) is 1.11. The summed E-state index contributed by atoms with van der Waals surface area (Å²) in [5, 5.41) is 8.30. The molecule has 0 aromatic carbocycles. The van der Waals surface area contributed by atoms with Crippen LogP contribution in [0.1, 0.15) is 12.8 Å². The Morgan fingerprint density at radius 2 is 1.97 bits per heavy atom. The SMILES string of the molecule is FC(F)(F)COc1cccn2nc(NC3[C@@H]4CC[C@H]3CN(c3ccnc(Cl)c3)C4)nc12. The maximum Gasteiger partial charge on any atom is 0.422 e. The summed E-state index contributed by atoms with van der Waals surface area (Å²) in [5.74, 6) is 1.25. The Morgan fingerprint density at radius 1 is 1.19 bits per heavy atom. The number of halogens is 4. The average molecular weight is 453 g/mol. The van der Waals surface area contributed by atoms with E-state index in [1.807, 2.05) is 12.1 Å². The first-order valence-corrected chi connectivity index (χ1v) is 10.4. The highest BCUT2D eigenvalue weighted by atomic mass is 35.5. The number of nitrogens with one attached hydrogen (secondary N) is 1. The highest BCUT2D eigenvalue weighted by Gasteiger charge is 2.42. The van der Waals surface area contributed by atoms with Crippen molar-refractivity contribution in [1.29, 1.82) is 0 Å². The number of fused-ring (bicyclic) bond motifs is 3. The zero-order valence-corrected chi connectivity index (χ0v) is 17.1. The van der Waals surface area contributed by atoms with Gasteiger partial charge >= 0.3 is 6.18 Å². The van der Waals surface area contributed by atoms with Crippen LogP contribution in [0.2, 0.25) is 5.15 Å². The van der Waals surface area contributed by atoms with Gasteiger partial charge in [-0.1, -0.05) is 11.6 Å². The van der Waals surface area contributed by atoms with Gasteiger partial charge in [-0.05, 0) is 48.9 Å². The predicted octanol–water partition coefficient (Wildman–Crippen LogP) is 4.05. The molecule has 1 saturated carbocycles. The van der Waals surface area contributed by atoms with Crippen molar-refractivity contribution in [2.75, 3.05) is 29.9 Å². The Morgan fingerprint density at radius 3 is 2.68 bits per heavy atom. The molecule has 3 aromatic heterocycles. The van der Waals surface area contributed by atoms with E-state index in [-0.39, 0.29) is 17.4 Å². The molecule has 2 aliphatic rings. The van der Waals surface area contributed by atoms with Crippen molar-refractivity contribution in [2.45, 2.75) is 25.1 Å². The molecule has 11 heteroatoms. The minimum absolute atomic E-state index is 0.0488. The number of rotatable bonds is 5. The number of ether oxygens (including phenoxy) is 1. The molecule has 7 nitrogen and oxygen atoms in total. The Kier molecular flexibility index (Phi) is 5.04. The summed E-state index contributed by atoms with van der Waals surface area (Å²) < 4.78 is 43.9. The molecule has 0 radical (unpaired) electrons. The lowest BCUT2D eigenvalue weighted by Crippen LogP contribution is -2.48. The minimum atomic E-state index is -4.42. The van der Waals surface area contributed by atoms with Crippen LogP contribution in [0.4, 0.5) is 24.8 Å². The smallest absolute Gasteiger partial charge is 0.422 e. The minimum Gasteiger partial charge on any atom is -0.480 e. The second-order valence-corrected chi connectivity index (χ2v) is 8.38. The van der Waals surface area contributed by atoms with Crippen LogP contribution in [0.25, 0.3) is 5.65 Å². The third-order valence-electron chi connectivity index (χ3n) is 5.92. The number of alkyl halides is 3. The summed E-state index contributed by atoms with van der Waals surface area (Å²) in [7, 11) is 0. The maximum absolute atomic E-state index is 12.5. The summed E-state index contributed by atoms with van der Waals surface area (Å²) in [6.45, 7) is 0.383. The van der Waals surface area contributed by atoms with Crippen LogP contribution < -0.4 is 15.0 Å². The van der Waals surface area contributed by atoms with E-state index in [2.05, 4.69) is 25.3 Å². The van der Waals surface area contributed by atoms with Crippen molar-refractivity contribution in [3.05, 3.63) is 41.8 Å². The third kappa shape index (κ3) is 4.21. The van der Waals surface area contributed by atoms with Crippen molar-refractivity contribution in [3.8, 4) is 5.75 Å². The standard InChI is InChI=1S/C20H20ClF3N6O/c21-16-8-14(5-6-25-16)29-9-12-3-4-13(10-29)17(12)26-19-27-18-15(31-11-20(22,23)24)2-1-7-30(18)28-19/h1-2,5-8,12-13,17H,3-4,9-11H2,(H,26,28)/t12-,13+,17?. The van der Waals surface area contributed by atoms with Gasteiger partial charge < -0.3 is 15.0 Å². The molecular formula is C20H20ClF3N6O. The van der Waals surface area contributed by atoms with E-state index in [1.54, 1.807) is 18.5 Å². The molecule has 31 heavy (non-hydrogen) atoms. The molecule has 2 fully saturated rings. The molecule has 4 heterocycles. The van der Waals surface area contributed by atoms with Gasteiger partial charge in [-0.3, -0.25) is 0 Å². The van der Waals surface area contributed by atoms with Crippen LogP contribution in [0.3, 0.4) is 0 Å². The van der Waals surface area contributed by atoms with Crippen LogP contribution in [-0.4, -0.2) is 51.5 Å². The van der Waals surface area contributed by atoms with Crippen LogP contribution in [-0.2, 0) is 0 Å². The zero-order chi connectivity index (χ0) is 21.6. The van der Waals surface area contributed by atoms with E-state index in [4.69, 9.17) is 16.3 Å². The molecular weight excluding hydrogens is 433 g/mol. The lowest BCUT2D eigenvalue weighted by Gasteiger charge is -2.39. The van der Waals surface area contributed by atoms with Crippen molar-refractivity contribution >= 4 is 28.9 Å². The molecule has 3 aromatic rings. The van der Waals surface area contributed by atoms with Gasteiger partial charge in [-0.15, -0.1) is 5.10 Å². The quantitative estimate of drug-likeness (QED) is 0.589. The van der Waals surface area contributed by atoms with Crippen molar-refractivity contribution < 1.29 is 17.9 Å². The molecule has 164 valence electrons. The molecule has 3 atom stereocenters. The predicted molar refractivity (Wildman–Crippen MR) is 110 cm³/mol. The molecule has 1 saturated heterocycles. The van der Waals surface area contributed by atoms with Crippen LogP contribution in [0.5, 0.6) is 5.75 Å². The van der Waals surface area contributed by atoms with Crippen LogP contribution >= 0.6 is 11.6 Å². The number of hydrogen-bond donors (Lipinski definition) is 1. The number of hydrogen-bond acceptors (Lipinski definition) is 6. The second kappa shape index (κ2) is 7.74. The fraction of sp³-hybridized carbons (Fsp3) is 0.450. The van der Waals surface area contributed by atoms with E-state index < -0.39 is 12.8 Å². The molecule has 1 aliphatic heterocycles. The summed E-state index contributed by atoms with van der Waals surface area (Å²) in [4.78, 5) is 10.8. The fourth-order valence-corrected chi connectivity index (χ4v) is 4.79. The summed E-state index contributed by atoms with van der Waals surface area (Å²) in [5.41, 5.74) is 1.32. The topological polar surface area (TPSA) is 67.6 Å². The molecule has 1 aliphatic carbocycles. The number of piperidine rings is 1. The van der Waals surface area contributed by atoms with Gasteiger partial charge in [0.2, 0.25) is 5.95 Å². The number of anilines is 2. The van der Waals surface area contributed by atoms with Crippen molar-refractivity contribution in [3.63, 3.8) is 0 Å². The lowest BCUT2D eigenvalue weighted by molar-refractivity contribution is -0.153. The monoisotopic (exact) mass is 452 g/mol. The van der Waals surface area contributed by atoms with E-state index >= 15 is 0 Å². The first kappa shape index (κ1) is 20.2. The molecule has 0 spiro atoms. The Labute approximate surface area is 181 Å². The summed E-state index contributed by atoms with van der Waals surface area (Å²) >= 11 is 6.05. The van der Waals surface area contributed by atoms with Gasteiger partial charge in [0.1, 0.15) is 5.15 Å². The van der Waals surface area contributed by atoms with Crippen LogP contribution in [0.15, 0.2) is 36.7 Å². The van der Waals surface area contributed by atoms with Gasteiger partial charge in [-0.2, -0.15) is 18.2 Å². The van der Waals surface area contributed by atoms with Crippen molar-refractivity contribution in [1.82, 2.24) is 19.6 Å². The first-order chi connectivity index (χ1) is 14.9. The zero-order valence-electron chi connectivity index (χ0n) is 16.4. The number of pyridine rings is 2. The van der Waals surface area contributed by atoms with Gasteiger partial charge in [0.05, 0.1) is 0 Å². The van der Waals surface area contributed by atoms with E-state index in [0.29, 0.717) is 22.9 Å². The maximum atomic E-state index is 12.5. The van der Waals surface area contributed by atoms with Gasteiger partial charge in [0.25, 0.3) is 0 Å². The van der Waals surface area contributed by atoms with E-state index in [1.165, 1.54) is 10.6 Å². The summed E-state index contributed by atoms with van der Waals surface area (Å²) in [6, 6.07) is 7.08. The number of aromatic nitrogens is 4.